The molecular formula is C23H38FNO3Si-. The molecule has 6 heteroatoms. The quantitative estimate of drug-likeness (QED) is 0.312. The summed E-state index contributed by atoms with van der Waals surface area (Å²) in [5, 5.41) is 3.35. The molecule has 1 fully saturated rings. The van der Waals surface area contributed by atoms with Gasteiger partial charge in [0.15, 0.2) is 0 Å². The smallest absolute Gasteiger partial charge is 0.305 e. The minimum Gasteiger partial charge on any atom is -0.563 e. The first-order valence-electron chi connectivity index (χ1n) is 10.8. The van der Waals surface area contributed by atoms with Crippen LogP contribution in [0, 0.1) is 11.7 Å². The summed E-state index contributed by atoms with van der Waals surface area (Å²) in [6.07, 6.45) is 4.47. The van der Waals surface area contributed by atoms with E-state index in [0.717, 1.165) is 31.2 Å². The average molecular weight is 424 g/mol. The van der Waals surface area contributed by atoms with Crippen LogP contribution in [-0.2, 0) is 14.0 Å². The molecule has 0 radical (unpaired) electrons. The van der Waals surface area contributed by atoms with Gasteiger partial charge in [0.25, 0.3) is 0 Å². The van der Waals surface area contributed by atoms with Crippen molar-refractivity contribution in [3.63, 3.8) is 0 Å². The third-order valence-electron chi connectivity index (χ3n) is 6.68. The lowest BCUT2D eigenvalue weighted by Gasteiger charge is -2.48. The van der Waals surface area contributed by atoms with Gasteiger partial charge in [0.2, 0.25) is 0 Å². The summed E-state index contributed by atoms with van der Waals surface area (Å²) in [5.74, 6) is 0.429. The average Bonchev–Trinajstić information content (AvgIpc) is 2.65. The van der Waals surface area contributed by atoms with Crippen molar-refractivity contribution in [2.45, 2.75) is 76.9 Å². The predicted octanol–water partition coefficient (Wildman–Crippen LogP) is 6.10. The van der Waals surface area contributed by atoms with Crippen LogP contribution in [0.2, 0.25) is 18.1 Å². The van der Waals surface area contributed by atoms with Crippen LogP contribution in [0.3, 0.4) is 0 Å². The molecule has 1 aromatic rings. The number of hydrogen-bond donors (Lipinski definition) is 1. The largest absolute Gasteiger partial charge is 0.563 e. The monoisotopic (exact) mass is 423 g/mol. The molecule has 1 aliphatic rings. The summed E-state index contributed by atoms with van der Waals surface area (Å²) in [5.41, 5.74) is 1.59. The summed E-state index contributed by atoms with van der Waals surface area (Å²) in [7, 11) is -0.333. The van der Waals surface area contributed by atoms with Crippen LogP contribution >= 0.6 is 0 Å². The Labute approximate surface area is 176 Å². The van der Waals surface area contributed by atoms with Crippen molar-refractivity contribution in [2.24, 2.45) is 5.92 Å². The Morgan fingerprint density at radius 1 is 1.21 bits per heavy atom. The standard InChI is InChI=1S/C23H38FNO3Si/c1-23(2,3)29(5,6)28-14-13-25-21-12-11-19(16-20(21)24)18-9-7-17(8-10-18)15-22(26)27-4/h11-12,16-18,25H,7-10,13-15H2,1-6H3/q-1. The number of rotatable bonds is 8. The maximum atomic E-state index is 14.6. The number of anilines is 1. The van der Waals surface area contributed by atoms with Gasteiger partial charge in [0.05, 0.1) is 12.8 Å². The number of carbonyl (C=O) groups is 1. The summed E-state index contributed by atoms with van der Waals surface area (Å²) >= 11 is 0. The van der Waals surface area contributed by atoms with Crippen LogP contribution in [0.25, 0.3) is 0 Å². The van der Waals surface area contributed by atoms with Crippen molar-refractivity contribution in [1.29, 1.82) is 0 Å². The molecule has 165 valence electrons. The van der Waals surface area contributed by atoms with E-state index in [9.17, 15) is 9.18 Å². The third-order valence-corrected chi connectivity index (χ3v) is 11.2. The summed E-state index contributed by atoms with van der Waals surface area (Å²) in [4.78, 5) is 11.4. The summed E-state index contributed by atoms with van der Waals surface area (Å²) < 4.78 is 25.5. The van der Waals surface area contributed by atoms with E-state index >= 15 is 0 Å². The van der Waals surface area contributed by atoms with E-state index in [0.29, 0.717) is 37.1 Å². The van der Waals surface area contributed by atoms with E-state index in [1.165, 1.54) is 7.11 Å². The van der Waals surface area contributed by atoms with Gasteiger partial charge < -0.3 is 14.5 Å². The lowest BCUT2D eigenvalue weighted by Crippen LogP contribution is -2.41. The second-order valence-electron chi connectivity index (χ2n) is 9.77. The highest BCUT2D eigenvalue weighted by Crippen LogP contribution is 2.38. The van der Waals surface area contributed by atoms with E-state index in [-0.39, 0.29) is 16.8 Å². The number of esters is 1. The molecule has 0 bridgehead atoms. The lowest BCUT2D eigenvalue weighted by molar-refractivity contribution is -0.142. The normalized spacial score (nSPS) is 20.4. The van der Waals surface area contributed by atoms with E-state index in [4.69, 9.17) is 9.16 Å². The Morgan fingerprint density at radius 3 is 2.41 bits per heavy atom. The first-order valence-corrected chi connectivity index (χ1v) is 13.7. The van der Waals surface area contributed by atoms with Crippen LogP contribution in [0.15, 0.2) is 18.2 Å². The number of carbonyl (C=O) groups excluding carboxylic acids is 1. The number of benzene rings is 1. The molecule has 0 spiro atoms. The third kappa shape index (κ3) is 6.81. The molecule has 0 aromatic heterocycles. The van der Waals surface area contributed by atoms with Gasteiger partial charge in [0, 0.05) is 19.6 Å². The SMILES string of the molecule is COC(=O)CC1CCC(c2ccc(NCCO[Si-](C)(C)C(C)(C)C)c(F)c2)CC1. The molecule has 0 saturated heterocycles. The van der Waals surface area contributed by atoms with Crippen molar-refractivity contribution in [2.75, 3.05) is 25.6 Å². The van der Waals surface area contributed by atoms with Crippen molar-refractivity contribution in [3.8, 4) is 0 Å². The van der Waals surface area contributed by atoms with E-state index in [1.54, 1.807) is 6.07 Å². The van der Waals surface area contributed by atoms with Gasteiger partial charge in [0.1, 0.15) is 5.82 Å². The summed E-state index contributed by atoms with van der Waals surface area (Å²) in [6.45, 7) is 12.3. The molecule has 0 heterocycles. The van der Waals surface area contributed by atoms with Crippen molar-refractivity contribution >= 4 is 20.0 Å². The number of methoxy groups -OCH3 is 1. The number of halogens is 1. The van der Waals surface area contributed by atoms with Crippen LogP contribution in [0.4, 0.5) is 10.1 Å². The number of ether oxygens (including phenoxy) is 1. The molecule has 0 aliphatic heterocycles. The van der Waals surface area contributed by atoms with Crippen LogP contribution in [-0.4, -0.2) is 34.5 Å². The highest BCUT2D eigenvalue weighted by atomic mass is 28.4. The molecular weight excluding hydrogens is 385 g/mol. The minimum atomic E-state index is -1.77. The first-order chi connectivity index (χ1) is 13.5. The molecule has 0 unspecified atom stereocenters. The summed E-state index contributed by atoms with van der Waals surface area (Å²) in [6, 6.07) is 5.55. The van der Waals surface area contributed by atoms with Crippen molar-refractivity contribution < 1.29 is 18.3 Å². The van der Waals surface area contributed by atoms with Crippen LogP contribution < -0.4 is 5.32 Å². The Bertz CT molecular complexity index is 679. The molecule has 1 aliphatic carbocycles. The molecule has 1 N–H and O–H groups in total. The molecule has 0 atom stereocenters. The Morgan fingerprint density at radius 2 is 1.86 bits per heavy atom. The zero-order chi connectivity index (χ0) is 21.7. The minimum absolute atomic E-state index is 0.132. The maximum Gasteiger partial charge on any atom is 0.305 e. The topological polar surface area (TPSA) is 47.6 Å². The van der Waals surface area contributed by atoms with E-state index in [2.05, 4.69) is 39.2 Å². The second kappa shape index (κ2) is 10.1. The fourth-order valence-electron chi connectivity index (χ4n) is 3.66. The van der Waals surface area contributed by atoms with Crippen molar-refractivity contribution in [3.05, 3.63) is 29.6 Å². The van der Waals surface area contributed by atoms with Crippen molar-refractivity contribution in [1.82, 2.24) is 0 Å². The fraction of sp³-hybridized carbons (Fsp3) is 0.696. The number of hydrogen-bond acceptors (Lipinski definition) is 4. The molecule has 0 amide bonds. The maximum absolute atomic E-state index is 14.6. The highest BCUT2D eigenvalue weighted by Gasteiger charge is 2.25. The first kappa shape index (κ1) is 23.9. The lowest BCUT2D eigenvalue weighted by atomic mass is 9.77. The van der Waals surface area contributed by atoms with Gasteiger partial charge in [-0.05, 0) is 63.5 Å². The van der Waals surface area contributed by atoms with Gasteiger partial charge in [-0.3, -0.25) is 4.79 Å². The Balaban J connectivity index is 1.82. The molecule has 1 aromatic carbocycles. The van der Waals surface area contributed by atoms with Crippen LogP contribution in [0.1, 0.15) is 64.4 Å². The zero-order valence-corrected chi connectivity index (χ0v) is 19.9. The molecule has 29 heavy (non-hydrogen) atoms. The van der Waals surface area contributed by atoms with Gasteiger partial charge >= 0.3 is 5.97 Å². The van der Waals surface area contributed by atoms with Gasteiger partial charge in [-0.15, -0.1) is 18.1 Å². The number of nitrogens with one attached hydrogen (secondary N) is 1. The van der Waals surface area contributed by atoms with Gasteiger partial charge in [-0.2, -0.15) is 0 Å². The second-order valence-corrected chi connectivity index (χ2v) is 14.6. The Hall–Kier alpha value is -1.40. The van der Waals surface area contributed by atoms with E-state index in [1.807, 2.05) is 12.1 Å². The van der Waals surface area contributed by atoms with Gasteiger partial charge in [-0.1, -0.05) is 26.8 Å². The Kier molecular flexibility index (Phi) is 8.29. The molecule has 4 nitrogen and oxygen atoms in total. The zero-order valence-electron chi connectivity index (χ0n) is 18.9. The predicted molar refractivity (Wildman–Crippen MR) is 119 cm³/mol. The van der Waals surface area contributed by atoms with Crippen LogP contribution in [0.5, 0.6) is 0 Å². The van der Waals surface area contributed by atoms with E-state index < -0.39 is 8.32 Å². The molecule has 1 saturated carbocycles. The highest BCUT2D eigenvalue weighted by molar-refractivity contribution is 6.74. The molecule has 2 rings (SSSR count). The van der Waals surface area contributed by atoms with Gasteiger partial charge in [-0.25, -0.2) is 4.39 Å². The fourth-order valence-corrected chi connectivity index (χ4v) is 4.70.